The SMILES string of the molecule is COc1cc(Cl)c(C(=O)c2ccc(Cl)c(Br)c2)cc1Cl. The molecule has 0 spiro atoms. The van der Waals surface area contributed by atoms with Gasteiger partial charge in [-0.15, -0.1) is 0 Å². The van der Waals surface area contributed by atoms with E-state index >= 15 is 0 Å². The Hall–Kier alpha value is -0.740. The first kappa shape index (κ1) is 15.6. The van der Waals surface area contributed by atoms with E-state index in [1.165, 1.54) is 19.2 Å². The molecule has 0 N–H and O–H groups in total. The molecule has 0 aliphatic rings. The standard InChI is InChI=1S/C14H8BrCl3O2/c1-20-13-6-11(17)8(5-12(13)18)14(19)7-2-3-10(16)9(15)4-7/h2-6H,1H3. The monoisotopic (exact) mass is 392 g/mol. The molecule has 0 aliphatic heterocycles. The van der Waals surface area contributed by atoms with Crippen molar-refractivity contribution in [3.8, 4) is 5.75 Å². The largest absolute Gasteiger partial charge is 0.495 e. The number of hydrogen-bond acceptors (Lipinski definition) is 2. The molecule has 6 heteroatoms. The zero-order valence-corrected chi connectivity index (χ0v) is 14.1. The number of carbonyl (C=O) groups is 1. The summed E-state index contributed by atoms with van der Waals surface area (Å²) in [5.74, 6) is 0.183. The first-order chi connectivity index (χ1) is 9.43. The predicted octanol–water partition coefficient (Wildman–Crippen LogP) is 5.65. The van der Waals surface area contributed by atoms with Gasteiger partial charge in [-0.25, -0.2) is 0 Å². The molecule has 20 heavy (non-hydrogen) atoms. The molecule has 0 bridgehead atoms. The highest BCUT2D eigenvalue weighted by atomic mass is 79.9. The molecule has 0 heterocycles. The molecule has 0 aromatic heterocycles. The summed E-state index contributed by atoms with van der Waals surface area (Å²) in [6.45, 7) is 0. The maximum atomic E-state index is 12.4. The highest BCUT2D eigenvalue weighted by Gasteiger charge is 2.17. The smallest absolute Gasteiger partial charge is 0.194 e. The number of ketones is 1. The van der Waals surface area contributed by atoms with Crippen LogP contribution < -0.4 is 4.74 Å². The van der Waals surface area contributed by atoms with Crippen molar-refractivity contribution in [1.29, 1.82) is 0 Å². The molecule has 0 fully saturated rings. The third kappa shape index (κ3) is 3.12. The molecule has 2 nitrogen and oxygen atoms in total. The van der Waals surface area contributed by atoms with Gasteiger partial charge in [0.05, 0.1) is 22.2 Å². The second kappa shape index (κ2) is 6.35. The molecule has 0 aliphatic carbocycles. The first-order valence-electron chi connectivity index (χ1n) is 5.47. The molecule has 0 unspecified atom stereocenters. The third-order valence-corrected chi connectivity index (χ3v) is 4.49. The van der Waals surface area contributed by atoms with Gasteiger partial charge >= 0.3 is 0 Å². The summed E-state index contributed by atoms with van der Waals surface area (Å²) in [6, 6.07) is 7.91. The quantitative estimate of drug-likeness (QED) is 0.629. The van der Waals surface area contributed by atoms with Gasteiger partial charge in [-0.1, -0.05) is 34.8 Å². The second-order valence-electron chi connectivity index (χ2n) is 3.92. The maximum Gasteiger partial charge on any atom is 0.194 e. The van der Waals surface area contributed by atoms with Crippen molar-refractivity contribution >= 4 is 56.5 Å². The minimum atomic E-state index is -0.239. The van der Waals surface area contributed by atoms with Gasteiger partial charge < -0.3 is 4.74 Å². The zero-order valence-electron chi connectivity index (χ0n) is 10.2. The van der Waals surface area contributed by atoms with Crippen LogP contribution in [-0.2, 0) is 0 Å². The average Bonchev–Trinajstić information content (AvgIpc) is 2.43. The van der Waals surface area contributed by atoms with Crippen molar-refractivity contribution in [1.82, 2.24) is 0 Å². The van der Waals surface area contributed by atoms with Crippen LogP contribution in [0.5, 0.6) is 5.75 Å². The molecule has 0 radical (unpaired) electrons. The fourth-order valence-electron chi connectivity index (χ4n) is 1.65. The van der Waals surface area contributed by atoms with Crippen LogP contribution in [0.15, 0.2) is 34.8 Å². The number of carbonyl (C=O) groups excluding carboxylic acids is 1. The molecule has 0 atom stereocenters. The highest BCUT2D eigenvalue weighted by molar-refractivity contribution is 9.10. The number of hydrogen-bond donors (Lipinski definition) is 0. The topological polar surface area (TPSA) is 26.3 Å². The van der Waals surface area contributed by atoms with E-state index in [-0.39, 0.29) is 10.8 Å². The van der Waals surface area contributed by atoms with E-state index in [0.29, 0.717) is 31.4 Å². The van der Waals surface area contributed by atoms with Crippen molar-refractivity contribution in [3.63, 3.8) is 0 Å². The van der Waals surface area contributed by atoms with Crippen LogP contribution in [-0.4, -0.2) is 12.9 Å². The van der Waals surface area contributed by atoms with Gasteiger partial charge in [0.15, 0.2) is 5.78 Å². The molecule has 2 aromatic carbocycles. The lowest BCUT2D eigenvalue weighted by atomic mass is 10.0. The van der Waals surface area contributed by atoms with E-state index < -0.39 is 0 Å². The Morgan fingerprint density at radius 3 is 2.35 bits per heavy atom. The summed E-state index contributed by atoms with van der Waals surface area (Å²) in [6.07, 6.45) is 0. The second-order valence-corrected chi connectivity index (χ2v) is 6.00. The Kier molecular flexibility index (Phi) is 4.97. The van der Waals surface area contributed by atoms with Gasteiger partial charge in [-0.2, -0.15) is 0 Å². The van der Waals surface area contributed by atoms with Gasteiger partial charge in [-0.05, 0) is 40.2 Å². The Labute approximate surface area is 139 Å². The summed E-state index contributed by atoms with van der Waals surface area (Å²) >= 11 is 21.3. The number of rotatable bonds is 3. The van der Waals surface area contributed by atoms with Crippen molar-refractivity contribution in [2.45, 2.75) is 0 Å². The van der Waals surface area contributed by atoms with E-state index in [0.717, 1.165) is 0 Å². The first-order valence-corrected chi connectivity index (χ1v) is 7.39. The van der Waals surface area contributed by atoms with Gasteiger partial charge in [-0.3, -0.25) is 4.79 Å². The molecule has 0 amide bonds. The van der Waals surface area contributed by atoms with Crippen LogP contribution in [0.4, 0.5) is 0 Å². The fraction of sp³-hybridized carbons (Fsp3) is 0.0714. The Bertz CT molecular complexity index is 686. The Balaban J connectivity index is 2.48. The van der Waals surface area contributed by atoms with Crippen molar-refractivity contribution in [2.24, 2.45) is 0 Å². The Morgan fingerprint density at radius 2 is 1.75 bits per heavy atom. The summed E-state index contributed by atoms with van der Waals surface area (Å²) in [5, 5.41) is 1.14. The van der Waals surface area contributed by atoms with E-state index in [9.17, 15) is 4.79 Å². The van der Waals surface area contributed by atoms with Crippen LogP contribution in [0.2, 0.25) is 15.1 Å². The molecule has 104 valence electrons. The molecular formula is C14H8BrCl3O2. The fourth-order valence-corrected chi connectivity index (χ4v) is 2.63. The summed E-state index contributed by atoms with van der Waals surface area (Å²) in [4.78, 5) is 12.4. The van der Waals surface area contributed by atoms with Crippen LogP contribution in [0.3, 0.4) is 0 Å². The van der Waals surface area contributed by atoms with Crippen molar-refractivity contribution in [2.75, 3.05) is 7.11 Å². The molecule has 2 aromatic rings. The van der Waals surface area contributed by atoms with Gasteiger partial charge in [0.25, 0.3) is 0 Å². The molecule has 0 saturated heterocycles. The Morgan fingerprint density at radius 1 is 1.05 bits per heavy atom. The van der Waals surface area contributed by atoms with Crippen LogP contribution >= 0.6 is 50.7 Å². The van der Waals surface area contributed by atoms with Crippen molar-refractivity contribution < 1.29 is 9.53 Å². The minimum absolute atomic E-state index is 0.239. The predicted molar refractivity (Wildman–Crippen MR) is 85.6 cm³/mol. The third-order valence-electron chi connectivity index (χ3n) is 2.67. The minimum Gasteiger partial charge on any atom is -0.495 e. The lowest BCUT2D eigenvalue weighted by Crippen LogP contribution is -2.03. The van der Waals surface area contributed by atoms with E-state index in [1.54, 1.807) is 18.2 Å². The lowest BCUT2D eigenvalue weighted by Gasteiger charge is -2.09. The van der Waals surface area contributed by atoms with Gasteiger partial charge in [0.1, 0.15) is 5.75 Å². The van der Waals surface area contributed by atoms with E-state index in [1.807, 2.05) is 0 Å². The normalized spacial score (nSPS) is 10.4. The van der Waals surface area contributed by atoms with E-state index in [2.05, 4.69) is 15.9 Å². The van der Waals surface area contributed by atoms with E-state index in [4.69, 9.17) is 39.5 Å². The molecule has 0 saturated carbocycles. The number of ether oxygens (including phenoxy) is 1. The summed E-state index contributed by atoms with van der Waals surface area (Å²) in [7, 11) is 1.48. The molecule has 2 rings (SSSR count). The van der Waals surface area contributed by atoms with Crippen LogP contribution in [0.25, 0.3) is 0 Å². The van der Waals surface area contributed by atoms with Crippen LogP contribution in [0, 0.1) is 0 Å². The zero-order chi connectivity index (χ0) is 14.9. The van der Waals surface area contributed by atoms with Gasteiger partial charge in [0, 0.05) is 21.7 Å². The average molecular weight is 394 g/mol. The van der Waals surface area contributed by atoms with Gasteiger partial charge in [0.2, 0.25) is 0 Å². The maximum absolute atomic E-state index is 12.4. The number of halogens is 4. The number of benzene rings is 2. The van der Waals surface area contributed by atoms with Crippen LogP contribution in [0.1, 0.15) is 15.9 Å². The van der Waals surface area contributed by atoms with Crippen molar-refractivity contribution in [3.05, 3.63) is 61.0 Å². The lowest BCUT2D eigenvalue weighted by molar-refractivity contribution is 0.103. The summed E-state index contributed by atoms with van der Waals surface area (Å²) < 4.78 is 5.69. The summed E-state index contributed by atoms with van der Waals surface area (Å²) in [5.41, 5.74) is 0.774. The molecular weight excluding hydrogens is 386 g/mol. The highest BCUT2D eigenvalue weighted by Crippen LogP contribution is 2.33. The number of methoxy groups -OCH3 is 1.